The number of carbonyl (C=O) groups is 3. The molecule has 2 amide bonds. The van der Waals surface area contributed by atoms with Crippen LogP contribution in [0.5, 0.6) is 0 Å². The van der Waals surface area contributed by atoms with E-state index < -0.39 is 29.4 Å². The van der Waals surface area contributed by atoms with Gasteiger partial charge >= 0.3 is 12.1 Å². The molecular formula is C15H14N2O5S. The first kappa shape index (κ1) is 16.8. The number of terminal acetylenes is 2. The van der Waals surface area contributed by atoms with Gasteiger partial charge in [-0.25, -0.2) is 9.59 Å². The second-order valence-electron chi connectivity index (χ2n) is 4.72. The Morgan fingerprint density at radius 3 is 2.65 bits per heavy atom. The first-order valence-corrected chi connectivity index (χ1v) is 7.68. The normalized spacial score (nSPS) is 22.2. The van der Waals surface area contributed by atoms with E-state index in [0.717, 1.165) is 5.57 Å². The number of ether oxygens (including phenoxy) is 2. The van der Waals surface area contributed by atoms with Gasteiger partial charge in [-0.05, 0) is 12.5 Å². The van der Waals surface area contributed by atoms with Gasteiger partial charge in [0.05, 0.1) is 0 Å². The fraction of sp³-hybridized carbons (Fsp3) is 0.400. The van der Waals surface area contributed by atoms with Crippen molar-refractivity contribution < 1.29 is 23.9 Å². The Hall–Kier alpha value is -2.58. The van der Waals surface area contributed by atoms with Crippen molar-refractivity contribution in [1.82, 2.24) is 10.2 Å². The molecule has 0 bridgehead atoms. The van der Waals surface area contributed by atoms with Crippen molar-refractivity contribution in [1.29, 1.82) is 0 Å². The summed E-state index contributed by atoms with van der Waals surface area (Å²) in [5.74, 6) is 3.83. The van der Waals surface area contributed by atoms with E-state index in [4.69, 9.17) is 17.6 Å². The van der Waals surface area contributed by atoms with Gasteiger partial charge in [-0.2, -0.15) is 0 Å². The van der Waals surface area contributed by atoms with Crippen LogP contribution in [0.2, 0.25) is 0 Å². The summed E-state index contributed by atoms with van der Waals surface area (Å²) in [5, 5.41) is 2.05. The predicted octanol–water partition coefficient (Wildman–Crippen LogP) is 0.0799. The second kappa shape index (κ2) is 7.12. The molecule has 0 radical (unpaired) electrons. The number of nitrogens with one attached hydrogen (secondary N) is 1. The van der Waals surface area contributed by atoms with E-state index >= 15 is 0 Å². The van der Waals surface area contributed by atoms with Crippen molar-refractivity contribution in [2.75, 3.05) is 19.0 Å². The van der Waals surface area contributed by atoms with Crippen LogP contribution in [-0.4, -0.2) is 53.3 Å². The molecule has 0 aromatic rings. The number of nitrogens with zero attached hydrogens (tertiary/aromatic N) is 1. The van der Waals surface area contributed by atoms with Crippen LogP contribution in [0.25, 0.3) is 0 Å². The third-order valence-corrected chi connectivity index (χ3v) is 4.62. The van der Waals surface area contributed by atoms with Gasteiger partial charge in [-0.15, -0.1) is 24.6 Å². The number of carbonyl (C=O) groups excluding carboxylic acids is 3. The maximum Gasteiger partial charge on any atom is 0.408 e. The Kier molecular flexibility index (Phi) is 5.20. The molecule has 8 heteroatoms. The molecule has 2 rings (SSSR count). The second-order valence-corrected chi connectivity index (χ2v) is 5.83. The Morgan fingerprint density at radius 2 is 2.00 bits per heavy atom. The molecule has 0 saturated carbocycles. The van der Waals surface area contributed by atoms with Crippen LogP contribution in [0.4, 0.5) is 4.79 Å². The van der Waals surface area contributed by atoms with Gasteiger partial charge in [0.1, 0.15) is 17.1 Å². The molecule has 120 valence electrons. The summed E-state index contributed by atoms with van der Waals surface area (Å²) in [6.07, 6.45) is 9.27. The summed E-state index contributed by atoms with van der Waals surface area (Å²) in [7, 11) is 0. The van der Waals surface area contributed by atoms with Crippen molar-refractivity contribution in [2.24, 2.45) is 0 Å². The molecular weight excluding hydrogens is 320 g/mol. The molecule has 1 N–H and O–H groups in total. The van der Waals surface area contributed by atoms with Crippen LogP contribution < -0.4 is 5.32 Å². The van der Waals surface area contributed by atoms with Crippen molar-refractivity contribution in [2.45, 2.75) is 18.3 Å². The molecule has 7 nitrogen and oxygen atoms in total. The Balaban J connectivity index is 2.07. The predicted molar refractivity (Wildman–Crippen MR) is 82.7 cm³/mol. The molecule has 23 heavy (non-hydrogen) atoms. The van der Waals surface area contributed by atoms with Gasteiger partial charge in [0.15, 0.2) is 13.2 Å². The third kappa shape index (κ3) is 3.27. The van der Waals surface area contributed by atoms with E-state index in [1.54, 1.807) is 6.92 Å². The summed E-state index contributed by atoms with van der Waals surface area (Å²) in [4.78, 5) is 37.1. The minimum absolute atomic E-state index is 0.171. The zero-order valence-corrected chi connectivity index (χ0v) is 13.1. The van der Waals surface area contributed by atoms with E-state index in [0.29, 0.717) is 5.75 Å². The first-order chi connectivity index (χ1) is 11.0. The molecule has 1 saturated heterocycles. The summed E-state index contributed by atoms with van der Waals surface area (Å²) in [5.41, 5.74) is 0.902. The lowest BCUT2D eigenvalue weighted by atomic mass is 10.0. The maximum absolute atomic E-state index is 12.3. The van der Waals surface area contributed by atoms with E-state index in [-0.39, 0.29) is 18.9 Å². The number of amides is 2. The van der Waals surface area contributed by atoms with E-state index in [2.05, 4.69) is 21.9 Å². The van der Waals surface area contributed by atoms with Crippen molar-refractivity contribution in [3.63, 3.8) is 0 Å². The number of hydrogen-bond acceptors (Lipinski definition) is 6. The van der Waals surface area contributed by atoms with E-state index in [9.17, 15) is 14.4 Å². The standard InChI is InChI=1S/C15H14N2O5S/c1-4-6-21-14(19)11-9(3)8-23-13-10(12(18)17(11)13)16-15(20)22-7-5-2/h1-2,10,13H,6-8H2,3H3,(H,16,20)/t10-,13-/m1/s1. The summed E-state index contributed by atoms with van der Waals surface area (Å²) in [6, 6.07) is -0.770. The molecule has 2 aliphatic rings. The molecule has 0 spiro atoms. The van der Waals surface area contributed by atoms with Crippen LogP contribution in [0.3, 0.4) is 0 Å². The molecule has 0 aromatic heterocycles. The molecule has 0 aliphatic carbocycles. The maximum atomic E-state index is 12.3. The molecule has 2 atom stereocenters. The largest absolute Gasteiger partial charge is 0.448 e. The average Bonchev–Trinajstić information content (AvgIpc) is 2.55. The summed E-state index contributed by atoms with van der Waals surface area (Å²) < 4.78 is 9.58. The quantitative estimate of drug-likeness (QED) is 0.445. The lowest BCUT2D eigenvalue weighted by Gasteiger charge is -2.49. The topological polar surface area (TPSA) is 84.9 Å². The third-order valence-electron chi connectivity index (χ3n) is 3.20. The van der Waals surface area contributed by atoms with Crippen molar-refractivity contribution >= 4 is 29.7 Å². The lowest BCUT2D eigenvalue weighted by Crippen LogP contribution is -2.70. The highest BCUT2D eigenvalue weighted by Crippen LogP contribution is 2.40. The first-order valence-electron chi connectivity index (χ1n) is 6.63. The fourth-order valence-corrected chi connectivity index (χ4v) is 3.51. The van der Waals surface area contributed by atoms with Gasteiger partial charge < -0.3 is 14.8 Å². The molecule has 2 heterocycles. The van der Waals surface area contributed by atoms with Gasteiger partial charge in [-0.1, -0.05) is 11.8 Å². The highest BCUT2D eigenvalue weighted by molar-refractivity contribution is 8.00. The number of thioether (sulfide) groups is 1. The number of esters is 1. The van der Waals surface area contributed by atoms with Crippen LogP contribution >= 0.6 is 11.8 Å². The van der Waals surface area contributed by atoms with E-state index in [1.807, 2.05) is 0 Å². The van der Waals surface area contributed by atoms with Gasteiger partial charge in [0.25, 0.3) is 5.91 Å². The number of β-lactam (4-membered cyclic amide) rings is 1. The number of fused-ring (bicyclic) bond motifs is 1. The Morgan fingerprint density at radius 1 is 1.35 bits per heavy atom. The summed E-state index contributed by atoms with van der Waals surface area (Å²) >= 11 is 1.43. The van der Waals surface area contributed by atoms with Crippen LogP contribution in [0.1, 0.15) is 6.92 Å². The Labute approximate surface area is 137 Å². The van der Waals surface area contributed by atoms with Crippen molar-refractivity contribution in [3.05, 3.63) is 11.3 Å². The smallest absolute Gasteiger partial charge is 0.408 e. The highest BCUT2D eigenvalue weighted by atomic mass is 32.2. The summed E-state index contributed by atoms with van der Waals surface area (Å²) in [6.45, 7) is 1.39. The van der Waals surface area contributed by atoms with Gasteiger partial charge in [-0.3, -0.25) is 9.69 Å². The minimum atomic E-state index is -0.774. The lowest BCUT2D eigenvalue weighted by molar-refractivity contribution is -0.151. The zero-order chi connectivity index (χ0) is 17.0. The van der Waals surface area contributed by atoms with Gasteiger partial charge in [0, 0.05) is 5.75 Å². The number of rotatable bonds is 4. The van der Waals surface area contributed by atoms with Crippen molar-refractivity contribution in [3.8, 4) is 24.7 Å². The molecule has 0 aromatic carbocycles. The number of alkyl carbamates (subject to hydrolysis) is 1. The molecule has 1 fully saturated rings. The van der Waals surface area contributed by atoms with Crippen LogP contribution in [0.15, 0.2) is 11.3 Å². The zero-order valence-electron chi connectivity index (χ0n) is 12.3. The Bertz CT molecular complexity index is 658. The SMILES string of the molecule is C#CCOC(=O)N[C@@H]1C(=O)N2C(C(=O)OCC#C)=C(C)CS[C@H]12. The fourth-order valence-electron chi connectivity index (χ4n) is 2.21. The van der Waals surface area contributed by atoms with Gasteiger partial charge in [0.2, 0.25) is 0 Å². The minimum Gasteiger partial charge on any atom is -0.448 e. The van der Waals surface area contributed by atoms with Crippen LogP contribution in [-0.2, 0) is 19.1 Å². The average molecular weight is 334 g/mol. The van der Waals surface area contributed by atoms with Crippen LogP contribution in [0, 0.1) is 24.7 Å². The number of hydrogen-bond donors (Lipinski definition) is 1. The molecule has 0 unspecified atom stereocenters. The molecule has 2 aliphatic heterocycles. The monoisotopic (exact) mass is 334 g/mol. The highest BCUT2D eigenvalue weighted by Gasteiger charge is 2.54. The van der Waals surface area contributed by atoms with E-state index in [1.165, 1.54) is 16.7 Å².